The molecule has 0 bridgehead atoms. The highest BCUT2D eigenvalue weighted by Crippen LogP contribution is 2.34. The molecule has 0 saturated carbocycles. The van der Waals surface area contributed by atoms with E-state index in [1.54, 1.807) is 0 Å². The summed E-state index contributed by atoms with van der Waals surface area (Å²) >= 11 is 5.74. The van der Waals surface area contributed by atoms with E-state index in [2.05, 4.69) is 0 Å². The van der Waals surface area contributed by atoms with Gasteiger partial charge in [0.05, 0.1) is 18.2 Å². The van der Waals surface area contributed by atoms with Crippen molar-refractivity contribution in [1.29, 1.82) is 0 Å². The van der Waals surface area contributed by atoms with Gasteiger partial charge in [0, 0.05) is 17.2 Å². The zero-order valence-electron chi connectivity index (χ0n) is 7.52. The lowest BCUT2D eigenvalue weighted by molar-refractivity contribution is 0.265. The molecule has 0 spiro atoms. The van der Waals surface area contributed by atoms with Gasteiger partial charge in [0.1, 0.15) is 11.6 Å². The number of hydrogen-bond donors (Lipinski definition) is 1. The van der Waals surface area contributed by atoms with Crippen LogP contribution in [0, 0.1) is 5.82 Å². The molecule has 4 heteroatoms. The summed E-state index contributed by atoms with van der Waals surface area (Å²) < 4.78 is 18.5. The zero-order chi connectivity index (χ0) is 10.1. The minimum atomic E-state index is -0.531. The predicted molar refractivity (Wildman–Crippen MR) is 51.1 cm³/mol. The van der Waals surface area contributed by atoms with Crippen LogP contribution in [0.15, 0.2) is 6.07 Å². The highest BCUT2D eigenvalue weighted by molar-refractivity contribution is 6.31. The molecule has 0 saturated heterocycles. The normalized spacial score (nSPS) is 14.8. The minimum Gasteiger partial charge on any atom is -0.493 e. The number of benzene rings is 1. The Labute approximate surface area is 86.3 Å². The van der Waals surface area contributed by atoms with Crippen LogP contribution >= 0.6 is 11.6 Å². The summed E-state index contributed by atoms with van der Waals surface area (Å²) in [6.45, 7) is 0.348. The lowest BCUT2D eigenvalue weighted by atomic mass is 10.00. The second-order valence-corrected chi connectivity index (χ2v) is 3.62. The molecule has 1 N–H and O–H groups in total. The Kier molecular flexibility index (Phi) is 2.61. The zero-order valence-corrected chi connectivity index (χ0v) is 8.27. The monoisotopic (exact) mass is 216 g/mol. The largest absolute Gasteiger partial charge is 0.493 e. The number of rotatable bonds is 1. The quantitative estimate of drug-likeness (QED) is 0.781. The van der Waals surface area contributed by atoms with Crippen molar-refractivity contribution in [2.24, 2.45) is 0 Å². The van der Waals surface area contributed by atoms with Gasteiger partial charge in [-0.25, -0.2) is 4.39 Å². The van der Waals surface area contributed by atoms with E-state index in [9.17, 15) is 4.39 Å². The molecule has 0 aromatic heterocycles. The lowest BCUT2D eigenvalue weighted by Crippen LogP contribution is -2.11. The molecule has 0 atom stereocenters. The van der Waals surface area contributed by atoms with Crippen molar-refractivity contribution in [2.75, 3.05) is 6.61 Å². The summed E-state index contributed by atoms with van der Waals surface area (Å²) in [4.78, 5) is 0. The fourth-order valence-electron chi connectivity index (χ4n) is 1.69. The molecule has 76 valence electrons. The van der Waals surface area contributed by atoms with E-state index in [-0.39, 0.29) is 11.6 Å². The third kappa shape index (κ3) is 1.47. The standard InChI is InChI=1S/C10H10ClFO2/c11-10-7(5-13)6-2-1-3-14-9(6)4-8(10)12/h4,13H,1-3,5H2. The first-order valence-electron chi connectivity index (χ1n) is 4.47. The van der Waals surface area contributed by atoms with Crippen LogP contribution in [-0.2, 0) is 13.0 Å². The second-order valence-electron chi connectivity index (χ2n) is 3.24. The first-order valence-corrected chi connectivity index (χ1v) is 4.85. The minimum absolute atomic E-state index is 0.0109. The first kappa shape index (κ1) is 9.74. The summed E-state index contributed by atoms with van der Waals surface area (Å²) in [7, 11) is 0. The van der Waals surface area contributed by atoms with E-state index >= 15 is 0 Å². The Morgan fingerprint density at radius 2 is 2.36 bits per heavy atom. The van der Waals surface area contributed by atoms with Gasteiger partial charge in [0.2, 0.25) is 0 Å². The Morgan fingerprint density at radius 1 is 1.57 bits per heavy atom. The summed E-state index contributed by atoms with van der Waals surface area (Å²) in [5.74, 6) is -0.0152. The maximum absolute atomic E-state index is 13.2. The van der Waals surface area contributed by atoms with Crippen LogP contribution in [0.25, 0.3) is 0 Å². The fourth-order valence-corrected chi connectivity index (χ4v) is 1.92. The van der Waals surface area contributed by atoms with Crippen molar-refractivity contribution in [3.8, 4) is 5.75 Å². The van der Waals surface area contributed by atoms with Gasteiger partial charge in [0.15, 0.2) is 0 Å². The first-order chi connectivity index (χ1) is 6.74. The molecular formula is C10H10ClFO2. The van der Waals surface area contributed by atoms with E-state index < -0.39 is 5.82 Å². The number of aliphatic hydroxyl groups excluding tert-OH is 1. The molecular weight excluding hydrogens is 207 g/mol. The molecule has 2 nitrogen and oxygen atoms in total. The summed E-state index contributed by atoms with van der Waals surface area (Å²) in [6.07, 6.45) is 1.66. The van der Waals surface area contributed by atoms with Gasteiger partial charge in [-0.15, -0.1) is 0 Å². The van der Waals surface area contributed by atoms with Gasteiger partial charge in [0.25, 0.3) is 0 Å². The van der Waals surface area contributed by atoms with Gasteiger partial charge < -0.3 is 9.84 Å². The lowest BCUT2D eigenvalue weighted by Gasteiger charge is -2.20. The maximum atomic E-state index is 13.2. The second kappa shape index (κ2) is 3.75. The van der Waals surface area contributed by atoms with Crippen LogP contribution in [0.1, 0.15) is 17.5 Å². The maximum Gasteiger partial charge on any atom is 0.145 e. The van der Waals surface area contributed by atoms with Crippen molar-refractivity contribution in [3.63, 3.8) is 0 Å². The smallest absolute Gasteiger partial charge is 0.145 e. The van der Waals surface area contributed by atoms with E-state index in [1.165, 1.54) is 6.07 Å². The number of hydrogen-bond acceptors (Lipinski definition) is 2. The molecule has 2 rings (SSSR count). The molecule has 1 aliphatic rings. The van der Waals surface area contributed by atoms with Crippen molar-refractivity contribution < 1.29 is 14.2 Å². The number of halogens is 2. The van der Waals surface area contributed by atoms with Crippen LogP contribution < -0.4 is 4.74 Å². The van der Waals surface area contributed by atoms with Crippen molar-refractivity contribution in [1.82, 2.24) is 0 Å². The highest BCUT2D eigenvalue weighted by atomic mass is 35.5. The molecule has 1 aromatic carbocycles. The van der Waals surface area contributed by atoms with Gasteiger partial charge >= 0.3 is 0 Å². The van der Waals surface area contributed by atoms with Crippen LogP contribution in [0.4, 0.5) is 4.39 Å². The Morgan fingerprint density at radius 3 is 3.07 bits per heavy atom. The molecule has 1 aromatic rings. The SMILES string of the molecule is OCc1c(Cl)c(F)cc2c1CCCO2. The highest BCUT2D eigenvalue weighted by Gasteiger charge is 2.19. The van der Waals surface area contributed by atoms with Gasteiger partial charge in [-0.2, -0.15) is 0 Å². The average Bonchev–Trinajstić information content (AvgIpc) is 2.20. The third-order valence-electron chi connectivity index (χ3n) is 2.38. The topological polar surface area (TPSA) is 29.5 Å². The molecule has 1 heterocycles. The van der Waals surface area contributed by atoms with E-state index in [0.717, 1.165) is 18.4 Å². The van der Waals surface area contributed by atoms with Crippen LogP contribution in [-0.4, -0.2) is 11.7 Å². The fraction of sp³-hybridized carbons (Fsp3) is 0.400. The molecule has 0 amide bonds. The summed E-state index contributed by atoms with van der Waals surface area (Å²) in [5.41, 5.74) is 1.30. The molecule has 14 heavy (non-hydrogen) atoms. The van der Waals surface area contributed by atoms with Crippen LogP contribution in [0.2, 0.25) is 5.02 Å². The molecule has 0 unspecified atom stereocenters. The number of aliphatic hydroxyl groups is 1. The van der Waals surface area contributed by atoms with E-state index in [0.29, 0.717) is 17.9 Å². The van der Waals surface area contributed by atoms with E-state index in [1.807, 2.05) is 0 Å². The Bertz CT molecular complexity index is 366. The van der Waals surface area contributed by atoms with Crippen LogP contribution in [0.3, 0.4) is 0 Å². The Hall–Kier alpha value is -0.800. The summed E-state index contributed by atoms with van der Waals surface area (Å²) in [6, 6.07) is 1.29. The van der Waals surface area contributed by atoms with Gasteiger partial charge in [-0.3, -0.25) is 0 Å². The summed E-state index contributed by atoms with van der Waals surface area (Å²) in [5, 5.41) is 9.10. The van der Waals surface area contributed by atoms with Crippen LogP contribution in [0.5, 0.6) is 5.75 Å². The molecule has 0 aliphatic carbocycles. The van der Waals surface area contributed by atoms with Crippen molar-refractivity contribution in [2.45, 2.75) is 19.4 Å². The van der Waals surface area contributed by atoms with Gasteiger partial charge in [-0.1, -0.05) is 11.6 Å². The van der Waals surface area contributed by atoms with Crippen molar-refractivity contribution in [3.05, 3.63) is 28.0 Å². The molecule has 0 radical (unpaired) electrons. The number of ether oxygens (including phenoxy) is 1. The van der Waals surface area contributed by atoms with Gasteiger partial charge in [-0.05, 0) is 12.8 Å². The predicted octanol–water partition coefficient (Wildman–Crippen LogP) is 2.30. The average molecular weight is 217 g/mol. The Balaban J connectivity index is 2.60. The number of fused-ring (bicyclic) bond motifs is 1. The van der Waals surface area contributed by atoms with E-state index in [4.69, 9.17) is 21.4 Å². The third-order valence-corrected chi connectivity index (χ3v) is 2.79. The molecule has 0 fully saturated rings. The van der Waals surface area contributed by atoms with Crippen molar-refractivity contribution >= 4 is 11.6 Å². The molecule has 1 aliphatic heterocycles.